The molecule has 51 heavy (non-hydrogen) atoms. The van der Waals surface area contributed by atoms with Gasteiger partial charge in [0.1, 0.15) is 42.1 Å². The Balaban J connectivity index is 1.47. The van der Waals surface area contributed by atoms with Crippen molar-refractivity contribution in [2.75, 3.05) is 39.5 Å². The number of aliphatic hydroxyl groups is 1. The van der Waals surface area contributed by atoms with E-state index in [9.17, 15) is 20.3 Å². The molecule has 1 aromatic heterocycles. The molecule has 1 aliphatic rings. The number of aliphatic hydroxyl groups excluding tert-OH is 1. The summed E-state index contributed by atoms with van der Waals surface area (Å²) in [7, 11) is 0. The number of hydrogen-bond donors (Lipinski definition) is 3. The highest BCUT2D eigenvalue weighted by molar-refractivity contribution is 5.80. The Morgan fingerprint density at radius 2 is 1.82 bits per heavy atom. The van der Waals surface area contributed by atoms with Crippen molar-refractivity contribution in [3.8, 4) is 23.3 Å². The van der Waals surface area contributed by atoms with Gasteiger partial charge in [-0.05, 0) is 119 Å². The molecule has 10 heteroatoms. The van der Waals surface area contributed by atoms with Crippen molar-refractivity contribution in [2.24, 2.45) is 0 Å². The summed E-state index contributed by atoms with van der Waals surface area (Å²) in [5.41, 5.74) is 6.15. The van der Waals surface area contributed by atoms with Gasteiger partial charge in [0, 0.05) is 42.7 Å². The summed E-state index contributed by atoms with van der Waals surface area (Å²) < 4.78 is 18.8. The van der Waals surface area contributed by atoms with Crippen LogP contribution in [0.15, 0.2) is 66.5 Å². The molecule has 0 saturated carbocycles. The second-order valence-corrected chi connectivity index (χ2v) is 13.6. The van der Waals surface area contributed by atoms with Gasteiger partial charge in [-0.1, -0.05) is 25.1 Å². The van der Waals surface area contributed by atoms with E-state index in [1.807, 2.05) is 39.0 Å². The van der Waals surface area contributed by atoms with Crippen LogP contribution in [0.25, 0.3) is 5.57 Å². The lowest BCUT2D eigenvalue weighted by Crippen LogP contribution is -2.52. The third-order valence-corrected chi connectivity index (χ3v) is 9.60. The van der Waals surface area contributed by atoms with E-state index < -0.39 is 18.1 Å². The molecule has 0 spiro atoms. The SMILES string of the molecule is C=C(/C(C)=C(\C)COc1cc(OCc2cncc(C#N)c2)c(CN[C@@](C)(CO)C(=O)O)cc1C)c1cccc(OCCCN2CCCCC2)c1C. The number of carbonyl (C=O) groups is 1. The van der Waals surface area contributed by atoms with Crippen LogP contribution in [0.2, 0.25) is 0 Å². The number of hydrogen-bond acceptors (Lipinski definition) is 9. The summed E-state index contributed by atoms with van der Waals surface area (Å²) in [4.78, 5) is 18.4. The van der Waals surface area contributed by atoms with Crippen molar-refractivity contribution in [1.82, 2.24) is 15.2 Å². The molecule has 1 atom stereocenters. The van der Waals surface area contributed by atoms with Crippen LogP contribution in [0.1, 0.15) is 79.8 Å². The minimum atomic E-state index is -1.54. The maximum Gasteiger partial charge on any atom is 0.326 e. The molecule has 4 rings (SSSR count). The van der Waals surface area contributed by atoms with Gasteiger partial charge in [-0.2, -0.15) is 5.26 Å². The van der Waals surface area contributed by atoms with Crippen LogP contribution >= 0.6 is 0 Å². The summed E-state index contributed by atoms with van der Waals surface area (Å²) in [6, 6.07) is 13.6. The fourth-order valence-electron chi connectivity index (χ4n) is 5.94. The number of aryl methyl sites for hydroxylation is 1. The Kier molecular flexibility index (Phi) is 14.2. The van der Waals surface area contributed by atoms with Gasteiger partial charge < -0.3 is 29.3 Å². The zero-order valence-electron chi connectivity index (χ0n) is 30.7. The molecule has 1 aliphatic heterocycles. The summed E-state index contributed by atoms with van der Waals surface area (Å²) in [5.74, 6) is 0.793. The van der Waals surface area contributed by atoms with E-state index in [2.05, 4.69) is 40.8 Å². The molecular weight excluding hydrogens is 644 g/mol. The molecule has 3 N–H and O–H groups in total. The maximum atomic E-state index is 11.8. The molecule has 0 bridgehead atoms. The van der Waals surface area contributed by atoms with Crippen molar-refractivity contribution < 1.29 is 29.2 Å². The lowest BCUT2D eigenvalue weighted by molar-refractivity contribution is -0.145. The zero-order valence-corrected chi connectivity index (χ0v) is 30.7. The van der Waals surface area contributed by atoms with Crippen molar-refractivity contribution in [1.29, 1.82) is 5.26 Å². The summed E-state index contributed by atoms with van der Waals surface area (Å²) in [6.07, 6.45) is 8.03. The lowest BCUT2D eigenvalue weighted by Gasteiger charge is -2.26. The van der Waals surface area contributed by atoms with E-state index in [0.717, 1.165) is 52.1 Å². The number of nitrogens with zero attached hydrogens (tertiary/aromatic N) is 3. The Morgan fingerprint density at radius 1 is 1.06 bits per heavy atom. The first-order valence-corrected chi connectivity index (χ1v) is 17.6. The highest BCUT2D eigenvalue weighted by Crippen LogP contribution is 2.33. The topological polar surface area (TPSA) is 137 Å². The molecule has 10 nitrogen and oxygen atoms in total. The Morgan fingerprint density at radius 3 is 2.53 bits per heavy atom. The van der Waals surface area contributed by atoms with E-state index in [1.165, 1.54) is 45.5 Å². The second kappa shape index (κ2) is 18.5. The van der Waals surface area contributed by atoms with Crippen LogP contribution in [-0.2, 0) is 17.9 Å². The Labute approximate surface area is 302 Å². The Bertz CT molecular complexity index is 1760. The van der Waals surface area contributed by atoms with Gasteiger partial charge in [0.25, 0.3) is 0 Å². The van der Waals surface area contributed by atoms with E-state index >= 15 is 0 Å². The number of aliphatic carboxylic acids is 1. The van der Waals surface area contributed by atoms with Gasteiger partial charge in [0.2, 0.25) is 0 Å². The van der Waals surface area contributed by atoms with E-state index in [-0.39, 0.29) is 13.2 Å². The largest absolute Gasteiger partial charge is 0.493 e. The van der Waals surface area contributed by atoms with Gasteiger partial charge in [0.15, 0.2) is 0 Å². The van der Waals surface area contributed by atoms with Gasteiger partial charge in [0.05, 0.1) is 18.8 Å². The summed E-state index contributed by atoms with van der Waals surface area (Å²) >= 11 is 0. The normalized spacial score (nSPS) is 14.9. The number of allylic oxidation sites excluding steroid dienone is 2. The highest BCUT2D eigenvalue weighted by atomic mass is 16.5. The lowest BCUT2D eigenvalue weighted by atomic mass is 9.93. The predicted octanol–water partition coefficient (Wildman–Crippen LogP) is 6.76. The van der Waals surface area contributed by atoms with E-state index in [4.69, 9.17) is 14.2 Å². The molecule has 3 aromatic rings. The molecule has 0 unspecified atom stereocenters. The molecule has 1 saturated heterocycles. The number of nitriles is 1. The van der Waals surface area contributed by atoms with Crippen LogP contribution in [0.5, 0.6) is 17.2 Å². The molecule has 0 amide bonds. The zero-order chi connectivity index (χ0) is 37.0. The molecule has 0 aliphatic carbocycles. The average molecular weight is 697 g/mol. The number of benzene rings is 2. The van der Waals surface area contributed by atoms with Crippen molar-refractivity contribution in [3.63, 3.8) is 0 Å². The fraction of sp³-hybridized carbons (Fsp3) is 0.439. The molecule has 272 valence electrons. The number of rotatable bonds is 18. The summed E-state index contributed by atoms with van der Waals surface area (Å²) in [5, 5.41) is 31.6. The first kappa shape index (κ1) is 39.1. The first-order valence-electron chi connectivity index (χ1n) is 17.6. The fourth-order valence-corrected chi connectivity index (χ4v) is 5.94. The van der Waals surface area contributed by atoms with Crippen LogP contribution < -0.4 is 19.5 Å². The quantitative estimate of drug-likeness (QED) is 0.0967. The third-order valence-electron chi connectivity index (χ3n) is 9.60. The van der Waals surface area contributed by atoms with Crippen molar-refractivity contribution >= 4 is 11.5 Å². The molecule has 0 radical (unpaired) electrons. The van der Waals surface area contributed by atoms with Gasteiger partial charge in [-0.3, -0.25) is 15.1 Å². The summed E-state index contributed by atoms with van der Waals surface area (Å²) in [6.45, 7) is 18.0. The molecule has 2 aromatic carbocycles. The first-order chi connectivity index (χ1) is 24.4. The second-order valence-electron chi connectivity index (χ2n) is 13.6. The van der Waals surface area contributed by atoms with Crippen molar-refractivity contribution in [3.05, 3.63) is 99.9 Å². The minimum Gasteiger partial charge on any atom is -0.493 e. The van der Waals surface area contributed by atoms with Crippen LogP contribution in [0.4, 0.5) is 0 Å². The number of pyridine rings is 1. The molecule has 1 fully saturated rings. The number of carboxylic acids is 1. The van der Waals surface area contributed by atoms with Crippen molar-refractivity contribution in [2.45, 2.75) is 79.0 Å². The standard InChI is InChI=1S/C41H52N4O6/c1-28-18-35(24-44-41(6,27-46)40(47)48)39(51-26-34-19-33(21-42)22-43-23-34)20-38(28)50-25-29(2)30(3)31(4)36-12-10-13-37(32(36)5)49-17-11-16-45-14-8-7-9-15-45/h10,12-13,18-20,22-23,44,46H,4,7-9,11,14-17,24-27H2,1-3,5-6H3,(H,47,48)/b30-29+/t41-/m0/s1. The smallest absolute Gasteiger partial charge is 0.326 e. The average Bonchev–Trinajstić information content (AvgIpc) is 3.14. The van der Waals surface area contributed by atoms with Crippen LogP contribution in [0, 0.1) is 25.2 Å². The van der Waals surface area contributed by atoms with Crippen LogP contribution in [0.3, 0.4) is 0 Å². The van der Waals surface area contributed by atoms with E-state index in [0.29, 0.717) is 41.4 Å². The number of piperidine rings is 1. The van der Waals surface area contributed by atoms with Crippen LogP contribution in [-0.4, -0.2) is 71.1 Å². The molecule has 2 heterocycles. The monoisotopic (exact) mass is 696 g/mol. The predicted molar refractivity (Wildman–Crippen MR) is 199 cm³/mol. The Hall–Kier alpha value is -4.69. The van der Waals surface area contributed by atoms with E-state index in [1.54, 1.807) is 18.3 Å². The third kappa shape index (κ3) is 10.7. The number of aromatic nitrogens is 1. The number of likely N-dealkylation sites (tertiary alicyclic amines) is 1. The highest BCUT2D eigenvalue weighted by Gasteiger charge is 2.32. The van der Waals surface area contributed by atoms with Gasteiger partial charge in [-0.15, -0.1) is 0 Å². The number of carboxylic acid groups (broad SMARTS) is 1. The minimum absolute atomic E-state index is 0.120. The number of nitrogens with one attached hydrogen (secondary N) is 1. The number of ether oxygens (including phenoxy) is 3. The van der Waals surface area contributed by atoms with Gasteiger partial charge in [-0.25, -0.2) is 0 Å². The maximum absolute atomic E-state index is 11.8. The van der Waals surface area contributed by atoms with Gasteiger partial charge >= 0.3 is 5.97 Å². The molecular formula is C41H52N4O6.